The van der Waals surface area contributed by atoms with Crippen LogP contribution >= 0.6 is 15.9 Å². The number of nitrogens with two attached hydrogens (primary N) is 1. The fourth-order valence-corrected chi connectivity index (χ4v) is 4.20. The van der Waals surface area contributed by atoms with Gasteiger partial charge in [0.2, 0.25) is 0 Å². The van der Waals surface area contributed by atoms with Crippen molar-refractivity contribution in [1.82, 2.24) is 0 Å². The third-order valence-electron chi connectivity index (χ3n) is 4.67. The fraction of sp³-hybridized carbons (Fsp3) is 0.647. The van der Waals surface area contributed by atoms with Gasteiger partial charge in [0.05, 0.1) is 4.47 Å². The Balaban J connectivity index is 2.16. The van der Waals surface area contributed by atoms with Crippen LogP contribution in [0.25, 0.3) is 0 Å². The zero-order valence-electron chi connectivity index (χ0n) is 12.5. The second-order valence-corrected chi connectivity index (χ2v) is 7.48. The van der Waals surface area contributed by atoms with Crippen LogP contribution in [0, 0.1) is 17.2 Å². The molecular formula is C17H25BrFN. The summed E-state index contributed by atoms with van der Waals surface area (Å²) >= 11 is 3.36. The van der Waals surface area contributed by atoms with Gasteiger partial charge in [0.15, 0.2) is 0 Å². The van der Waals surface area contributed by atoms with Crippen LogP contribution in [0.2, 0.25) is 0 Å². The lowest BCUT2D eigenvalue weighted by Gasteiger charge is -2.37. The molecule has 1 atom stereocenters. The molecule has 1 aromatic carbocycles. The first-order valence-corrected chi connectivity index (χ1v) is 8.42. The summed E-state index contributed by atoms with van der Waals surface area (Å²) in [6.45, 7) is 4.54. The minimum absolute atomic E-state index is 0.116. The molecule has 1 saturated carbocycles. The zero-order valence-corrected chi connectivity index (χ0v) is 14.0. The summed E-state index contributed by atoms with van der Waals surface area (Å²) in [6, 6.07) is 5.35. The molecule has 3 heteroatoms. The molecule has 0 bridgehead atoms. The van der Waals surface area contributed by atoms with Crippen molar-refractivity contribution >= 4 is 15.9 Å². The molecule has 1 aliphatic carbocycles. The molecule has 1 nitrogen and oxygen atoms in total. The quantitative estimate of drug-likeness (QED) is 0.795. The molecule has 0 radical (unpaired) electrons. The molecule has 1 aromatic rings. The smallest absolute Gasteiger partial charge is 0.137 e. The highest BCUT2D eigenvalue weighted by Gasteiger charge is 2.39. The summed E-state index contributed by atoms with van der Waals surface area (Å²) in [5, 5.41) is 0. The van der Waals surface area contributed by atoms with E-state index >= 15 is 0 Å². The summed E-state index contributed by atoms with van der Waals surface area (Å²) in [7, 11) is 0. The van der Waals surface area contributed by atoms with Gasteiger partial charge >= 0.3 is 0 Å². The van der Waals surface area contributed by atoms with Crippen molar-refractivity contribution in [3.8, 4) is 0 Å². The van der Waals surface area contributed by atoms with E-state index in [0.717, 1.165) is 12.0 Å². The number of rotatable bonds is 5. The van der Waals surface area contributed by atoms with E-state index in [1.165, 1.54) is 38.2 Å². The molecule has 0 saturated heterocycles. The average Bonchev–Trinajstić information content (AvgIpc) is 2.84. The van der Waals surface area contributed by atoms with E-state index in [4.69, 9.17) is 5.73 Å². The van der Waals surface area contributed by atoms with Gasteiger partial charge in [-0.15, -0.1) is 0 Å². The summed E-state index contributed by atoms with van der Waals surface area (Å²) in [6.07, 6.45) is 6.94. The SMILES string of the molecule is CC(C)CC1(C(N)Cc2cccc(F)c2Br)CCCC1. The van der Waals surface area contributed by atoms with Gasteiger partial charge < -0.3 is 5.73 Å². The van der Waals surface area contributed by atoms with Gasteiger partial charge in [-0.1, -0.05) is 38.8 Å². The summed E-state index contributed by atoms with van der Waals surface area (Å²) < 4.78 is 14.2. The Morgan fingerprint density at radius 1 is 1.30 bits per heavy atom. The topological polar surface area (TPSA) is 26.0 Å². The summed E-state index contributed by atoms with van der Waals surface area (Å²) in [5.74, 6) is 0.467. The standard InChI is InChI=1S/C17H25BrFN/c1-12(2)11-17(8-3-4-9-17)15(20)10-13-6-5-7-14(19)16(13)18/h5-7,12,15H,3-4,8-11,20H2,1-2H3. The molecule has 0 heterocycles. The van der Waals surface area contributed by atoms with E-state index in [1.54, 1.807) is 6.07 Å². The van der Waals surface area contributed by atoms with E-state index in [0.29, 0.717) is 10.4 Å². The van der Waals surface area contributed by atoms with Crippen molar-refractivity contribution in [1.29, 1.82) is 0 Å². The van der Waals surface area contributed by atoms with Crippen molar-refractivity contribution in [2.75, 3.05) is 0 Å². The Hall–Kier alpha value is -0.410. The first-order valence-electron chi connectivity index (χ1n) is 7.63. The predicted octanol–water partition coefficient (Wildman–Crippen LogP) is 5.06. The van der Waals surface area contributed by atoms with E-state index < -0.39 is 0 Å². The monoisotopic (exact) mass is 341 g/mol. The minimum Gasteiger partial charge on any atom is -0.327 e. The largest absolute Gasteiger partial charge is 0.327 e. The lowest BCUT2D eigenvalue weighted by Crippen LogP contribution is -2.42. The molecule has 2 rings (SSSR count). The van der Waals surface area contributed by atoms with E-state index in [-0.39, 0.29) is 17.3 Å². The highest BCUT2D eigenvalue weighted by molar-refractivity contribution is 9.10. The average molecular weight is 342 g/mol. The second-order valence-electron chi connectivity index (χ2n) is 6.69. The molecule has 0 aliphatic heterocycles. The normalized spacial score (nSPS) is 19.5. The van der Waals surface area contributed by atoms with Crippen molar-refractivity contribution in [2.24, 2.45) is 17.1 Å². The summed E-state index contributed by atoms with van der Waals surface area (Å²) in [4.78, 5) is 0. The maximum absolute atomic E-state index is 13.6. The Labute approximate surface area is 130 Å². The zero-order chi connectivity index (χ0) is 14.8. The molecule has 0 spiro atoms. The first-order chi connectivity index (χ1) is 9.44. The van der Waals surface area contributed by atoms with Crippen LogP contribution in [0.5, 0.6) is 0 Å². The molecule has 1 unspecified atom stereocenters. The highest BCUT2D eigenvalue weighted by atomic mass is 79.9. The van der Waals surface area contributed by atoms with Crippen LogP contribution in [0.1, 0.15) is 51.5 Å². The number of hydrogen-bond acceptors (Lipinski definition) is 1. The molecule has 2 N–H and O–H groups in total. The van der Waals surface area contributed by atoms with Crippen molar-refractivity contribution in [2.45, 2.75) is 58.4 Å². The van der Waals surface area contributed by atoms with Gasteiger partial charge in [-0.3, -0.25) is 0 Å². The van der Waals surface area contributed by atoms with E-state index in [1.807, 2.05) is 6.07 Å². The second kappa shape index (κ2) is 6.57. The van der Waals surface area contributed by atoms with Crippen LogP contribution in [0.3, 0.4) is 0 Å². The van der Waals surface area contributed by atoms with E-state index in [9.17, 15) is 4.39 Å². The van der Waals surface area contributed by atoms with Gasteiger partial charge in [0, 0.05) is 6.04 Å². The van der Waals surface area contributed by atoms with Crippen LogP contribution in [-0.4, -0.2) is 6.04 Å². The van der Waals surface area contributed by atoms with Gasteiger partial charge in [-0.05, 0) is 64.6 Å². The third kappa shape index (κ3) is 3.43. The lowest BCUT2D eigenvalue weighted by atomic mass is 9.71. The maximum atomic E-state index is 13.6. The van der Waals surface area contributed by atoms with Gasteiger partial charge in [0.1, 0.15) is 5.82 Å². The number of hydrogen-bond donors (Lipinski definition) is 1. The molecule has 0 aromatic heterocycles. The predicted molar refractivity (Wildman–Crippen MR) is 86.1 cm³/mol. The third-order valence-corrected chi connectivity index (χ3v) is 5.56. The Bertz CT molecular complexity index is 452. The van der Waals surface area contributed by atoms with Crippen LogP contribution < -0.4 is 5.73 Å². The van der Waals surface area contributed by atoms with Crippen LogP contribution in [0.15, 0.2) is 22.7 Å². The molecule has 1 fully saturated rings. The summed E-state index contributed by atoms with van der Waals surface area (Å²) in [5.41, 5.74) is 7.81. The molecule has 1 aliphatic rings. The molecule has 112 valence electrons. The van der Waals surface area contributed by atoms with E-state index in [2.05, 4.69) is 29.8 Å². The first kappa shape index (κ1) is 16.0. The lowest BCUT2D eigenvalue weighted by molar-refractivity contribution is 0.181. The molecule has 20 heavy (non-hydrogen) atoms. The van der Waals surface area contributed by atoms with Crippen LogP contribution in [0.4, 0.5) is 4.39 Å². The van der Waals surface area contributed by atoms with Gasteiger partial charge in [0.25, 0.3) is 0 Å². The van der Waals surface area contributed by atoms with Crippen LogP contribution in [-0.2, 0) is 6.42 Å². The highest BCUT2D eigenvalue weighted by Crippen LogP contribution is 2.46. The number of halogens is 2. The van der Waals surface area contributed by atoms with Crippen molar-refractivity contribution in [3.63, 3.8) is 0 Å². The van der Waals surface area contributed by atoms with Crippen molar-refractivity contribution < 1.29 is 4.39 Å². The Kier molecular flexibility index (Phi) is 5.25. The molecular weight excluding hydrogens is 317 g/mol. The van der Waals surface area contributed by atoms with Crippen molar-refractivity contribution in [3.05, 3.63) is 34.1 Å². The Morgan fingerprint density at radius 3 is 2.55 bits per heavy atom. The maximum Gasteiger partial charge on any atom is 0.137 e. The molecule has 0 amide bonds. The van der Waals surface area contributed by atoms with Gasteiger partial charge in [-0.25, -0.2) is 4.39 Å². The van der Waals surface area contributed by atoms with Gasteiger partial charge in [-0.2, -0.15) is 0 Å². The Morgan fingerprint density at radius 2 is 1.95 bits per heavy atom. The fourth-order valence-electron chi connectivity index (χ4n) is 3.78. The number of benzene rings is 1. The minimum atomic E-state index is -0.195.